The third kappa shape index (κ3) is 3.70. The van der Waals surface area contributed by atoms with E-state index in [0.717, 1.165) is 6.42 Å². The standard InChI is InChI=1S/C18H20O2/c1-3-20-18-10-5-4-9-16(18)17(19)12-11-15-8-6-7-14(2)13-15/h4-10,13H,3,11-12H2,1-2H3. The average Bonchev–Trinajstić information content (AvgIpc) is 2.46. The van der Waals surface area contributed by atoms with Crippen molar-refractivity contribution in [3.63, 3.8) is 0 Å². The van der Waals surface area contributed by atoms with E-state index in [1.165, 1.54) is 11.1 Å². The number of hydrogen-bond donors (Lipinski definition) is 0. The lowest BCUT2D eigenvalue weighted by atomic mass is 10.0. The number of carbonyl (C=O) groups is 1. The van der Waals surface area contributed by atoms with Crippen LogP contribution in [0.4, 0.5) is 0 Å². The van der Waals surface area contributed by atoms with Crippen molar-refractivity contribution in [2.45, 2.75) is 26.7 Å². The molecule has 0 N–H and O–H groups in total. The predicted molar refractivity (Wildman–Crippen MR) is 81.4 cm³/mol. The summed E-state index contributed by atoms with van der Waals surface area (Å²) in [5, 5.41) is 0. The van der Waals surface area contributed by atoms with Gasteiger partial charge in [-0.15, -0.1) is 0 Å². The van der Waals surface area contributed by atoms with Crippen LogP contribution in [0.3, 0.4) is 0 Å². The maximum absolute atomic E-state index is 12.3. The largest absolute Gasteiger partial charge is 0.493 e. The Morgan fingerprint density at radius 3 is 2.65 bits per heavy atom. The normalized spacial score (nSPS) is 10.3. The molecular formula is C18H20O2. The van der Waals surface area contributed by atoms with Crippen molar-refractivity contribution < 1.29 is 9.53 Å². The molecule has 0 atom stereocenters. The van der Waals surface area contributed by atoms with Gasteiger partial charge in [0.2, 0.25) is 0 Å². The summed E-state index contributed by atoms with van der Waals surface area (Å²) in [6.45, 7) is 4.56. The fourth-order valence-corrected chi connectivity index (χ4v) is 2.24. The van der Waals surface area contributed by atoms with Crippen molar-refractivity contribution in [3.05, 3.63) is 65.2 Å². The summed E-state index contributed by atoms with van der Waals surface area (Å²) in [6, 6.07) is 15.7. The molecule has 2 heteroatoms. The monoisotopic (exact) mass is 268 g/mol. The first-order chi connectivity index (χ1) is 9.70. The second-order valence-corrected chi connectivity index (χ2v) is 4.84. The molecule has 0 aliphatic rings. The van der Waals surface area contributed by atoms with E-state index in [2.05, 4.69) is 25.1 Å². The molecule has 0 unspecified atom stereocenters. The second kappa shape index (κ2) is 6.90. The highest BCUT2D eigenvalue weighted by Gasteiger charge is 2.11. The van der Waals surface area contributed by atoms with Gasteiger partial charge in [-0.1, -0.05) is 42.0 Å². The molecule has 0 aromatic heterocycles. The van der Waals surface area contributed by atoms with E-state index in [1.54, 1.807) is 0 Å². The molecule has 2 nitrogen and oxygen atoms in total. The second-order valence-electron chi connectivity index (χ2n) is 4.84. The minimum absolute atomic E-state index is 0.135. The Bertz CT molecular complexity index is 587. The Balaban J connectivity index is 2.05. The zero-order valence-electron chi connectivity index (χ0n) is 12.1. The minimum Gasteiger partial charge on any atom is -0.493 e. The van der Waals surface area contributed by atoms with Crippen LogP contribution in [0.1, 0.15) is 34.8 Å². The van der Waals surface area contributed by atoms with Gasteiger partial charge in [0, 0.05) is 6.42 Å². The Labute approximate surface area is 120 Å². The van der Waals surface area contributed by atoms with Crippen molar-refractivity contribution in [1.82, 2.24) is 0 Å². The van der Waals surface area contributed by atoms with Crippen molar-refractivity contribution in [1.29, 1.82) is 0 Å². The topological polar surface area (TPSA) is 26.3 Å². The fourth-order valence-electron chi connectivity index (χ4n) is 2.24. The fraction of sp³-hybridized carbons (Fsp3) is 0.278. The number of rotatable bonds is 6. The lowest BCUT2D eigenvalue weighted by Gasteiger charge is -2.09. The molecule has 0 saturated carbocycles. The van der Waals surface area contributed by atoms with Gasteiger partial charge in [0.05, 0.1) is 12.2 Å². The first kappa shape index (κ1) is 14.3. The van der Waals surface area contributed by atoms with E-state index in [-0.39, 0.29) is 5.78 Å². The molecule has 0 spiro atoms. The number of hydrogen-bond acceptors (Lipinski definition) is 2. The van der Waals surface area contributed by atoms with Gasteiger partial charge in [0.15, 0.2) is 5.78 Å². The van der Waals surface area contributed by atoms with Gasteiger partial charge in [-0.3, -0.25) is 4.79 Å². The van der Waals surface area contributed by atoms with E-state index < -0.39 is 0 Å². The van der Waals surface area contributed by atoms with E-state index in [4.69, 9.17) is 4.74 Å². The third-order valence-corrected chi connectivity index (χ3v) is 3.21. The molecule has 0 fully saturated rings. The smallest absolute Gasteiger partial charge is 0.166 e. The number of carbonyl (C=O) groups excluding carboxylic acids is 1. The van der Waals surface area contributed by atoms with Gasteiger partial charge in [-0.05, 0) is 38.0 Å². The van der Waals surface area contributed by atoms with Crippen molar-refractivity contribution >= 4 is 5.78 Å². The summed E-state index contributed by atoms with van der Waals surface area (Å²) in [4.78, 5) is 12.3. The van der Waals surface area contributed by atoms with Crippen molar-refractivity contribution in [2.24, 2.45) is 0 Å². The van der Waals surface area contributed by atoms with E-state index in [0.29, 0.717) is 24.3 Å². The lowest BCUT2D eigenvalue weighted by Crippen LogP contribution is -2.05. The van der Waals surface area contributed by atoms with E-state index in [1.807, 2.05) is 37.3 Å². The maximum atomic E-state index is 12.3. The van der Waals surface area contributed by atoms with Gasteiger partial charge in [0.25, 0.3) is 0 Å². The number of ketones is 1. The Hall–Kier alpha value is -2.09. The van der Waals surface area contributed by atoms with Crippen LogP contribution in [0.25, 0.3) is 0 Å². The van der Waals surface area contributed by atoms with Gasteiger partial charge in [-0.25, -0.2) is 0 Å². The highest BCUT2D eigenvalue weighted by atomic mass is 16.5. The highest BCUT2D eigenvalue weighted by molar-refractivity contribution is 5.98. The zero-order chi connectivity index (χ0) is 14.4. The number of Topliss-reactive ketones (excluding diaryl/α,β-unsaturated/α-hetero) is 1. The number of benzene rings is 2. The minimum atomic E-state index is 0.135. The van der Waals surface area contributed by atoms with Crippen LogP contribution in [0, 0.1) is 6.92 Å². The zero-order valence-corrected chi connectivity index (χ0v) is 12.1. The van der Waals surface area contributed by atoms with Crippen molar-refractivity contribution in [2.75, 3.05) is 6.61 Å². The average molecular weight is 268 g/mol. The van der Waals surface area contributed by atoms with Gasteiger partial charge < -0.3 is 4.74 Å². The summed E-state index contributed by atoms with van der Waals surface area (Å²) in [6.07, 6.45) is 1.27. The number of ether oxygens (including phenoxy) is 1. The first-order valence-electron chi connectivity index (χ1n) is 7.01. The Morgan fingerprint density at radius 1 is 1.10 bits per heavy atom. The molecular weight excluding hydrogens is 248 g/mol. The summed E-state index contributed by atoms with van der Waals surface area (Å²) < 4.78 is 5.51. The molecule has 0 aliphatic carbocycles. The number of aryl methyl sites for hydroxylation is 2. The molecule has 0 bridgehead atoms. The first-order valence-corrected chi connectivity index (χ1v) is 7.01. The molecule has 0 heterocycles. The summed E-state index contributed by atoms with van der Waals surface area (Å²) >= 11 is 0. The van der Waals surface area contributed by atoms with Gasteiger partial charge in [-0.2, -0.15) is 0 Å². The van der Waals surface area contributed by atoms with Crippen LogP contribution in [0.15, 0.2) is 48.5 Å². The SMILES string of the molecule is CCOc1ccccc1C(=O)CCc1cccc(C)c1. The molecule has 0 amide bonds. The third-order valence-electron chi connectivity index (χ3n) is 3.21. The number of para-hydroxylation sites is 1. The van der Waals surface area contributed by atoms with Gasteiger partial charge in [0.1, 0.15) is 5.75 Å². The van der Waals surface area contributed by atoms with Crippen molar-refractivity contribution in [3.8, 4) is 5.75 Å². The Morgan fingerprint density at radius 2 is 1.90 bits per heavy atom. The van der Waals surface area contributed by atoms with Crippen LogP contribution >= 0.6 is 0 Å². The quantitative estimate of drug-likeness (QED) is 0.734. The van der Waals surface area contributed by atoms with Crippen LogP contribution in [0.2, 0.25) is 0 Å². The predicted octanol–water partition coefficient (Wildman–Crippen LogP) is 4.21. The maximum Gasteiger partial charge on any atom is 0.166 e. The highest BCUT2D eigenvalue weighted by Crippen LogP contribution is 2.20. The molecule has 104 valence electrons. The lowest BCUT2D eigenvalue weighted by molar-refractivity contribution is 0.0979. The van der Waals surface area contributed by atoms with E-state index in [9.17, 15) is 4.79 Å². The molecule has 2 rings (SSSR count). The van der Waals surface area contributed by atoms with Crippen LogP contribution in [0.5, 0.6) is 5.75 Å². The molecule has 0 aliphatic heterocycles. The summed E-state index contributed by atoms with van der Waals surface area (Å²) in [5.74, 6) is 0.819. The molecule has 2 aromatic carbocycles. The van der Waals surface area contributed by atoms with E-state index >= 15 is 0 Å². The summed E-state index contributed by atoms with van der Waals surface area (Å²) in [5.41, 5.74) is 3.11. The molecule has 0 radical (unpaired) electrons. The molecule has 20 heavy (non-hydrogen) atoms. The van der Waals surface area contributed by atoms with Crippen LogP contribution < -0.4 is 4.74 Å². The molecule has 2 aromatic rings. The van der Waals surface area contributed by atoms with Crippen LogP contribution in [-0.2, 0) is 6.42 Å². The van der Waals surface area contributed by atoms with Gasteiger partial charge >= 0.3 is 0 Å². The molecule has 0 saturated heterocycles. The Kier molecular flexibility index (Phi) is 4.94. The van der Waals surface area contributed by atoms with Crippen LogP contribution in [-0.4, -0.2) is 12.4 Å². The summed E-state index contributed by atoms with van der Waals surface area (Å²) in [7, 11) is 0.